The average Bonchev–Trinajstić information content (AvgIpc) is 3.14. The van der Waals surface area contributed by atoms with Crippen molar-refractivity contribution in [3.63, 3.8) is 0 Å². The molecule has 9 heteroatoms. The van der Waals surface area contributed by atoms with Gasteiger partial charge in [-0.05, 0) is 38.1 Å². The number of ether oxygens (including phenoxy) is 1. The van der Waals surface area contributed by atoms with Crippen molar-refractivity contribution >= 4 is 34.4 Å². The minimum atomic E-state index is -0.223. The molecule has 2 aromatic carbocycles. The number of carbonyl (C=O) groups excluding carboxylic acids is 1. The number of aromatic nitrogens is 4. The van der Waals surface area contributed by atoms with Gasteiger partial charge in [-0.25, -0.2) is 14.6 Å². The van der Waals surface area contributed by atoms with Gasteiger partial charge in [0.05, 0.1) is 27.4 Å². The summed E-state index contributed by atoms with van der Waals surface area (Å²) in [6.07, 6.45) is 0. The highest BCUT2D eigenvalue weighted by atomic mass is 35.5. The predicted octanol–water partition coefficient (Wildman–Crippen LogP) is 4.07. The topological polar surface area (TPSA) is 94.0 Å². The normalized spacial score (nSPS) is 11.0. The molecule has 2 aromatic heterocycles. The van der Waals surface area contributed by atoms with Crippen LogP contribution in [0.1, 0.15) is 27.4 Å². The Balaban J connectivity index is 1.57. The SMILES string of the molecule is COCc1nc(NCCNC(=O)c2ccccc2Cl)c2c(C)nn(-c3ccc(C)cc3)c2n1. The summed E-state index contributed by atoms with van der Waals surface area (Å²) in [5, 5.41) is 12.1. The summed E-state index contributed by atoms with van der Waals surface area (Å²) < 4.78 is 7.08. The second-order valence-corrected chi connectivity index (χ2v) is 8.02. The van der Waals surface area contributed by atoms with Crippen molar-refractivity contribution in [1.29, 1.82) is 0 Å². The number of carbonyl (C=O) groups is 1. The lowest BCUT2D eigenvalue weighted by molar-refractivity contribution is 0.0955. The molecular weight excluding hydrogens is 440 g/mol. The molecule has 0 saturated heterocycles. The Hall–Kier alpha value is -3.49. The third kappa shape index (κ3) is 4.97. The number of hydrogen-bond acceptors (Lipinski definition) is 6. The Morgan fingerprint density at radius 2 is 1.82 bits per heavy atom. The molecule has 0 fully saturated rings. The second-order valence-electron chi connectivity index (χ2n) is 7.62. The zero-order chi connectivity index (χ0) is 23.4. The Morgan fingerprint density at radius 1 is 1.06 bits per heavy atom. The molecule has 33 heavy (non-hydrogen) atoms. The Kier molecular flexibility index (Phi) is 6.86. The van der Waals surface area contributed by atoms with Crippen LogP contribution < -0.4 is 10.6 Å². The van der Waals surface area contributed by atoms with E-state index in [1.165, 1.54) is 5.56 Å². The summed E-state index contributed by atoms with van der Waals surface area (Å²) in [6, 6.07) is 15.1. The standard InChI is InChI=1S/C24H25ClN6O2/c1-15-8-10-17(11-9-15)31-23-21(16(2)30-31)22(28-20(29-23)14-33-3)26-12-13-27-24(32)18-6-4-5-7-19(18)25/h4-11H,12-14H2,1-3H3,(H,27,32)(H,26,28,29). The van der Waals surface area contributed by atoms with E-state index in [0.717, 1.165) is 16.8 Å². The fraction of sp³-hybridized carbons (Fsp3) is 0.250. The molecule has 0 radical (unpaired) electrons. The third-order valence-corrected chi connectivity index (χ3v) is 5.45. The number of aryl methyl sites for hydroxylation is 2. The van der Waals surface area contributed by atoms with Crippen molar-refractivity contribution in [2.24, 2.45) is 0 Å². The van der Waals surface area contributed by atoms with Gasteiger partial charge in [0, 0.05) is 20.2 Å². The minimum absolute atomic E-state index is 0.223. The lowest BCUT2D eigenvalue weighted by atomic mass is 10.2. The summed E-state index contributed by atoms with van der Waals surface area (Å²) in [5.41, 5.74) is 4.03. The number of anilines is 1. The molecule has 0 bridgehead atoms. The van der Waals surface area contributed by atoms with Crippen LogP contribution >= 0.6 is 11.6 Å². The molecule has 0 aliphatic carbocycles. The monoisotopic (exact) mass is 464 g/mol. The van der Waals surface area contributed by atoms with Crippen LogP contribution in [0, 0.1) is 13.8 Å². The molecule has 0 aliphatic heterocycles. The van der Waals surface area contributed by atoms with Crippen LogP contribution in [0.15, 0.2) is 48.5 Å². The quantitative estimate of drug-likeness (QED) is 0.382. The molecule has 170 valence electrons. The van der Waals surface area contributed by atoms with E-state index in [1.807, 2.05) is 42.8 Å². The molecule has 4 aromatic rings. The van der Waals surface area contributed by atoms with Gasteiger partial charge < -0.3 is 15.4 Å². The Morgan fingerprint density at radius 3 is 2.55 bits per heavy atom. The summed E-state index contributed by atoms with van der Waals surface area (Å²) in [6.45, 7) is 5.09. The highest BCUT2D eigenvalue weighted by molar-refractivity contribution is 6.33. The van der Waals surface area contributed by atoms with Crippen LogP contribution in [0.2, 0.25) is 5.02 Å². The average molecular weight is 465 g/mol. The maximum Gasteiger partial charge on any atom is 0.252 e. The molecule has 8 nitrogen and oxygen atoms in total. The first-order chi connectivity index (χ1) is 16.0. The van der Waals surface area contributed by atoms with Crippen molar-refractivity contribution in [3.8, 4) is 5.69 Å². The highest BCUT2D eigenvalue weighted by Crippen LogP contribution is 2.26. The van der Waals surface area contributed by atoms with Crippen molar-refractivity contribution in [2.45, 2.75) is 20.5 Å². The molecule has 2 N–H and O–H groups in total. The first-order valence-electron chi connectivity index (χ1n) is 10.6. The Labute approximate surface area is 197 Å². The van der Waals surface area contributed by atoms with Gasteiger partial charge in [0.15, 0.2) is 11.5 Å². The van der Waals surface area contributed by atoms with E-state index < -0.39 is 0 Å². The van der Waals surface area contributed by atoms with Gasteiger partial charge in [0.2, 0.25) is 0 Å². The van der Waals surface area contributed by atoms with Gasteiger partial charge in [-0.2, -0.15) is 5.10 Å². The van der Waals surface area contributed by atoms with Gasteiger partial charge >= 0.3 is 0 Å². The van der Waals surface area contributed by atoms with E-state index >= 15 is 0 Å². The smallest absolute Gasteiger partial charge is 0.252 e. The molecule has 4 rings (SSSR count). The molecule has 1 amide bonds. The van der Waals surface area contributed by atoms with E-state index in [9.17, 15) is 4.79 Å². The molecular formula is C24H25ClN6O2. The van der Waals surface area contributed by atoms with Crippen molar-refractivity contribution in [1.82, 2.24) is 25.1 Å². The summed E-state index contributed by atoms with van der Waals surface area (Å²) in [4.78, 5) is 21.7. The fourth-order valence-corrected chi connectivity index (χ4v) is 3.73. The molecule has 0 atom stereocenters. The number of hydrogen-bond donors (Lipinski definition) is 2. The van der Waals surface area contributed by atoms with Crippen LogP contribution in [-0.2, 0) is 11.3 Å². The van der Waals surface area contributed by atoms with Gasteiger partial charge in [-0.3, -0.25) is 4.79 Å². The second kappa shape index (κ2) is 9.97. The molecule has 0 aliphatic rings. The van der Waals surface area contributed by atoms with Crippen LogP contribution in [-0.4, -0.2) is 45.9 Å². The lowest BCUT2D eigenvalue weighted by Gasteiger charge is -2.11. The number of amides is 1. The number of nitrogens with zero attached hydrogens (tertiary/aromatic N) is 4. The number of nitrogens with one attached hydrogen (secondary N) is 2. The zero-order valence-corrected chi connectivity index (χ0v) is 19.5. The fourth-order valence-electron chi connectivity index (χ4n) is 3.51. The lowest BCUT2D eigenvalue weighted by Crippen LogP contribution is -2.29. The van der Waals surface area contributed by atoms with Gasteiger partial charge in [-0.1, -0.05) is 41.4 Å². The molecule has 0 unspecified atom stereocenters. The number of fused-ring (bicyclic) bond motifs is 1. The zero-order valence-electron chi connectivity index (χ0n) is 18.7. The first-order valence-corrected chi connectivity index (χ1v) is 10.9. The number of methoxy groups -OCH3 is 1. The highest BCUT2D eigenvalue weighted by Gasteiger charge is 2.18. The van der Waals surface area contributed by atoms with Crippen LogP contribution in [0.25, 0.3) is 16.7 Å². The number of benzene rings is 2. The molecule has 0 spiro atoms. The maximum atomic E-state index is 12.4. The van der Waals surface area contributed by atoms with Crippen LogP contribution in [0.5, 0.6) is 0 Å². The van der Waals surface area contributed by atoms with E-state index in [-0.39, 0.29) is 12.5 Å². The summed E-state index contributed by atoms with van der Waals surface area (Å²) >= 11 is 6.10. The summed E-state index contributed by atoms with van der Waals surface area (Å²) in [5.74, 6) is 0.967. The minimum Gasteiger partial charge on any atom is -0.377 e. The first kappa shape index (κ1) is 22.7. The number of halogens is 1. The Bertz CT molecular complexity index is 1290. The van der Waals surface area contributed by atoms with E-state index in [4.69, 9.17) is 26.4 Å². The van der Waals surface area contributed by atoms with E-state index in [1.54, 1.807) is 31.4 Å². The molecule has 2 heterocycles. The third-order valence-electron chi connectivity index (χ3n) is 5.12. The van der Waals surface area contributed by atoms with Crippen molar-refractivity contribution in [3.05, 3.63) is 76.2 Å². The van der Waals surface area contributed by atoms with Crippen LogP contribution in [0.3, 0.4) is 0 Å². The van der Waals surface area contributed by atoms with Crippen LogP contribution in [0.4, 0.5) is 5.82 Å². The number of rotatable bonds is 8. The van der Waals surface area contributed by atoms with Crippen molar-refractivity contribution < 1.29 is 9.53 Å². The maximum absolute atomic E-state index is 12.4. The van der Waals surface area contributed by atoms with E-state index in [2.05, 4.69) is 15.6 Å². The predicted molar refractivity (Wildman–Crippen MR) is 129 cm³/mol. The van der Waals surface area contributed by atoms with E-state index in [0.29, 0.717) is 41.0 Å². The largest absolute Gasteiger partial charge is 0.377 e. The van der Waals surface area contributed by atoms with Gasteiger partial charge in [0.25, 0.3) is 5.91 Å². The van der Waals surface area contributed by atoms with Gasteiger partial charge in [-0.15, -0.1) is 0 Å². The van der Waals surface area contributed by atoms with Gasteiger partial charge in [0.1, 0.15) is 12.4 Å². The summed E-state index contributed by atoms with van der Waals surface area (Å²) in [7, 11) is 1.60. The van der Waals surface area contributed by atoms with Crippen molar-refractivity contribution in [2.75, 3.05) is 25.5 Å². The molecule has 0 saturated carbocycles.